The van der Waals surface area contributed by atoms with Crippen molar-refractivity contribution in [3.05, 3.63) is 29.8 Å². The number of carbonyl (C=O) groups is 4. The zero-order valence-electron chi connectivity index (χ0n) is 18.7. The lowest BCUT2D eigenvalue weighted by Crippen LogP contribution is -2.54. The maximum atomic E-state index is 12.3. The number of amides is 1. The summed E-state index contributed by atoms with van der Waals surface area (Å²) in [4.78, 5) is 48.8. The van der Waals surface area contributed by atoms with Gasteiger partial charge in [0.1, 0.15) is 18.0 Å². The first-order valence-corrected chi connectivity index (χ1v) is 10.5. The van der Waals surface area contributed by atoms with Crippen LogP contribution in [0.1, 0.15) is 18.9 Å². The number of anilines is 1. The Morgan fingerprint density at radius 1 is 1.12 bits per heavy atom. The summed E-state index contributed by atoms with van der Waals surface area (Å²) in [6, 6.07) is 5.74. The van der Waals surface area contributed by atoms with E-state index in [-0.39, 0.29) is 11.9 Å². The number of carboxylic acid groups (broad SMARTS) is 3. The number of amidine groups is 1. The first kappa shape index (κ1) is 26.5. The molecule has 0 bridgehead atoms. The zero-order chi connectivity index (χ0) is 25.4. The molecule has 0 radical (unpaired) electrons. The van der Waals surface area contributed by atoms with Crippen LogP contribution >= 0.6 is 0 Å². The van der Waals surface area contributed by atoms with E-state index in [1.165, 1.54) is 4.90 Å². The van der Waals surface area contributed by atoms with Crippen molar-refractivity contribution in [2.75, 3.05) is 44.2 Å². The molecule has 1 aromatic carbocycles. The number of hydrogen-bond donors (Lipinski definition) is 5. The first-order chi connectivity index (χ1) is 16.0. The van der Waals surface area contributed by atoms with E-state index in [0.717, 1.165) is 6.92 Å². The number of nitrogen functional groups attached to an aromatic ring is 1. The molecule has 3 rings (SSSR count). The summed E-state index contributed by atoms with van der Waals surface area (Å²) >= 11 is 0. The quantitative estimate of drug-likeness (QED) is 0.247. The molecular weight excluding hydrogens is 450 g/mol. The second-order valence-corrected chi connectivity index (χ2v) is 7.88. The molecule has 1 aromatic rings. The summed E-state index contributed by atoms with van der Waals surface area (Å²) in [5.74, 6) is -3.16. The summed E-state index contributed by atoms with van der Waals surface area (Å²) in [5.41, 5.74) is 6.68. The van der Waals surface area contributed by atoms with Gasteiger partial charge in [-0.05, 0) is 24.3 Å². The Morgan fingerprint density at radius 3 is 2.15 bits per heavy atom. The summed E-state index contributed by atoms with van der Waals surface area (Å²) < 4.78 is 5.47. The van der Waals surface area contributed by atoms with E-state index in [0.29, 0.717) is 50.5 Å². The summed E-state index contributed by atoms with van der Waals surface area (Å²) in [6.45, 7) is 3.96. The molecule has 2 unspecified atom stereocenters. The fraction of sp³-hybridized carbons (Fsp3) is 0.476. The molecule has 0 aliphatic carbocycles. The Morgan fingerprint density at radius 2 is 1.68 bits per heavy atom. The Bertz CT molecular complexity index is 910. The van der Waals surface area contributed by atoms with Gasteiger partial charge in [-0.3, -0.25) is 34.5 Å². The second-order valence-electron chi connectivity index (χ2n) is 7.88. The van der Waals surface area contributed by atoms with E-state index in [9.17, 15) is 19.5 Å². The number of ether oxygens (including phenoxy) is 1. The number of nitrogens with zero attached hydrogens (tertiary/aromatic N) is 3. The topological polar surface area (TPSA) is 198 Å². The summed E-state index contributed by atoms with van der Waals surface area (Å²) in [7, 11) is 0. The van der Waals surface area contributed by atoms with Crippen LogP contribution in [-0.4, -0.2) is 106 Å². The summed E-state index contributed by atoms with van der Waals surface area (Å²) in [5, 5.41) is 33.1. The van der Waals surface area contributed by atoms with Gasteiger partial charge in [-0.2, -0.15) is 0 Å². The molecule has 2 aliphatic rings. The molecule has 0 aromatic heterocycles. The standard InChI is InChI=1S/C19H25N5O6.C2H4O2/c20-17(21)12-1-3-13(4-2-12)24-11-14(30-19(24)29)10-22-5-7-23(8-6-22)15(18(27)28)9-16(25)26;1-2(3)4/h1-4,14-15H,5-11H2,(H3,20,21)(H,25,26)(H,27,28);1H3,(H,3,4). The normalized spacial score (nSPS) is 19.5. The minimum absolute atomic E-state index is 0.0453. The van der Waals surface area contributed by atoms with Crippen LogP contribution in [0.4, 0.5) is 10.5 Å². The number of carboxylic acids is 3. The average Bonchev–Trinajstić information content (AvgIpc) is 3.12. The van der Waals surface area contributed by atoms with Crippen molar-refractivity contribution in [3.63, 3.8) is 0 Å². The van der Waals surface area contributed by atoms with Crippen molar-refractivity contribution in [1.82, 2.24) is 9.80 Å². The molecule has 6 N–H and O–H groups in total. The highest BCUT2D eigenvalue weighted by Crippen LogP contribution is 2.23. The molecule has 2 aliphatic heterocycles. The molecule has 1 amide bonds. The molecule has 13 heteroatoms. The van der Waals surface area contributed by atoms with Gasteiger partial charge in [-0.1, -0.05) is 0 Å². The van der Waals surface area contributed by atoms with Crippen molar-refractivity contribution in [3.8, 4) is 0 Å². The smallest absolute Gasteiger partial charge is 0.414 e. The molecule has 0 saturated carbocycles. The lowest BCUT2D eigenvalue weighted by molar-refractivity contribution is -0.150. The van der Waals surface area contributed by atoms with E-state index in [1.54, 1.807) is 29.2 Å². The number of cyclic esters (lactones) is 1. The first-order valence-electron chi connectivity index (χ1n) is 10.5. The van der Waals surface area contributed by atoms with Crippen LogP contribution in [-0.2, 0) is 19.1 Å². The van der Waals surface area contributed by atoms with Crippen LogP contribution in [0, 0.1) is 5.41 Å². The number of carbonyl (C=O) groups excluding carboxylic acids is 1. The Labute approximate surface area is 195 Å². The Hall–Kier alpha value is -3.71. The van der Waals surface area contributed by atoms with Crippen LogP contribution in [0.5, 0.6) is 0 Å². The molecule has 186 valence electrons. The van der Waals surface area contributed by atoms with Crippen LogP contribution in [0.3, 0.4) is 0 Å². The molecule has 2 heterocycles. The third-order valence-electron chi connectivity index (χ3n) is 5.33. The predicted octanol–water partition coefficient (Wildman–Crippen LogP) is -0.0677. The van der Waals surface area contributed by atoms with Gasteiger partial charge < -0.3 is 25.8 Å². The van der Waals surface area contributed by atoms with Crippen molar-refractivity contribution in [2.24, 2.45) is 5.73 Å². The third kappa shape index (κ3) is 7.71. The van der Waals surface area contributed by atoms with E-state index >= 15 is 0 Å². The number of hydrogen-bond acceptors (Lipinski definition) is 8. The van der Waals surface area contributed by atoms with Gasteiger partial charge >= 0.3 is 18.0 Å². The third-order valence-corrected chi connectivity index (χ3v) is 5.33. The number of piperazine rings is 1. The van der Waals surface area contributed by atoms with Crippen LogP contribution in [0.2, 0.25) is 0 Å². The van der Waals surface area contributed by atoms with Crippen molar-refractivity contribution < 1.29 is 39.2 Å². The Kier molecular flexibility index (Phi) is 9.33. The van der Waals surface area contributed by atoms with Crippen molar-refractivity contribution in [1.29, 1.82) is 5.41 Å². The fourth-order valence-electron chi connectivity index (χ4n) is 3.73. The lowest BCUT2D eigenvalue weighted by atomic mass is 10.1. The van der Waals surface area contributed by atoms with Gasteiger partial charge in [0.2, 0.25) is 0 Å². The molecular formula is C21H29N5O8. The van der Waals surface area contributed by atoms with Gasteiger partial charge in [-0.15, -0.1) is 0 Å². The largest absolute Gasteiger partial charge is 0.481 e. The van der Waals surface area contributed by atoms with Gasteiger partial charge in [-0.25, -0.2) is 4.79 Å². The predicted molar refractivity (Wildman–Crippen MR) is 120 cm³/mol. The van der Waals surface area contributed by atoms with Crippen LogP contribution in [0.25, 0.3) is 0 Å². The molecule has 34 heavy (non-hydrogen) atoms. The number of rotatable bonds is 8. The maximum absolute atomic E-state index is 12.3. The number of benzene rings is 1. The van der Waals surface area contributed by atoms with Crippen LogP contribution in [0.15, 0.2) is 24.3 Å². The number of nitrogens with one attached hydrogen (secondary N) is 1. The lowest BCUT2D eigenvalue weighted by Gasteiger charge is -2.37. The average molecular weight is 479 g/mol. The van der Waals surface area contributed by atoms with E-state index < -0.39 is 36.5 Å². The maximum Gasteiger partial charge on any atom is 0.414 e. The highest BCUT2D eigenvalue weighted by Gasteiger charge is 2.35. The summed E-state index contributed by atoms with van der Waals surface area (Å²) in [6.07, 6.45) is -1.21. The van der Waals surface area contributed by atoms with Crippen LogP contribution < -0.4 is 10.6 Å². The monoisotopic (exact) mass is 479 g/mol. The molecule has 13 nitrogen and oxygen atoms in total. The minimum atomic E-state index is -1.14. The molecule has 2 fully saturated rings. The van der Waals surface area contributed by atoms with E-state index in [1.807, 2.05) is 0 Å². The Balaban J connectivity index is 0.000000945. The minimum Gasteiger partial charge on any atom is -0.481 e. The molecule has 2 atom stereocenters. The molecule has 0 spiro atoms. The number of aliphatic carboxylic acids is 3. The SMILES string of the molecule is CC(=O)O.N=C(N)c1ccc(N2CC(CN3CCN(C(CC(=O)O)C(=O)O)CC3)OC2=O)cc1. The van der Waals surface area contributed by atoms with Gasteiger partial charge in [0, 0.05) is 50.9 Å². The van der Waals surface area contributed by atoms with Crippen molar-refractivity contribution in [2.45, 2.75) is 25.5 Å². The highest BCUT2D eigenvalue weighted by molar-refractivity contribution is 5.96. The zero-order valence-corrected chi connectivity index (χ0v) is 18.7. The van der Waals surface area contributed by atoms with Gasteiger partial charge in [0.15, 0.2) is 0 Å². The fourth-order valence-corrected chi connectivity index (χ4v) is 3.73. The molecule has 2 saturated heterocycles. The number of nitrogens with two attached hydrogens (primary N) is 1. The van der Waals surface area contributed by atoms with Gasteiger partial charge in [0.05, 0.1) is 13.0 Å². The highest BCUT2D eigenvalue weighted by atomic mass is 16.6. The second kappa shape index (κ2) is 12.0. The van der Waals surface area contributed by atoms with Gasteiger partial charge in [0.25, 0.3) is 5.97 Å². The van der Waals surface area contributed by atoms with Crippen molar-refractivity contribution >= 4 is 35.5 Å². The van der Waals surface area contributed by atoms with E-state index in [4.69, 9.17) is 30.9 Å². The van der Waals surface area contributed by atoms with E-state index in [2.05, 4.69) is 4.90 Å².